The normalized spacial score (nSPS) is 11.0. The van der Waals surface area contributed by atoms with Crippen molar-refractivity contribution in [2.75, 3.05) is 0 Å². The van der Waals surface area contributed by atoms with Gasteiger partial charge in [-0.05, 0) is 45.8 Å². The number of carbonyl (C=O) groups is 1. The van der Waals surface area contributed by atoms with Gasteiger partial charge in [0.25, 0.3) is 0 Å². The van der Waals surface area contributed by atoms with E-state index >= 15 is 0 Å². The van der Waals surface area contributed by atoms with E-state index < -0.39 is 5.97 Å². The SMILES string of the molecule is O=C(O)c1ccsc1-c1sccc1-c1sccc1-c1cccs1. The molecule has 23 heavy (non-hydrogen) atoms. The van der Waals surface area contributed by atoms with Gasteiger partial charge < -0.3 is 5.11 Å². The summed E-state index contributed by atoms with van der Waals surface area (Å²) in [5, 5.41) is 17.4. The van der Waals surface area contributed by atoms with Crippen LogP contribution in [-0.2, 0) is 0 Å². The van der Waals surface area contributed by atoms with Gasteiger partial charge in [-0.15, -0.1) is 45.3 Å². The Balaban J connectivity index is 1.88. The highest BCUT2D eigenvalue weighted by atomic mass is 32.1. The van der Waals surface area contributed by atoms with Gasteiger partial charge >= 0.3 is 5.97 Å². The molecule has 0 aromatic carbocycles. The molecule has 0 aliphatic heterocycles. The summed E-state index contributed by atoms with van der Waals surface area (Å²) in [5.41, 5.74) is 2.73. The van der Waals surface area contributed by atoms with E-state index in [0.29, 0.717) is 5.56 Å². The average Bonchev–Trinajstić information content (AvgIpc) is 3.30. The molecule has 0 amide bonds. The minimum Gasteiger partial charge on any atom is -0.478 e. The number of carboxylic acids is 1. The maximum absolute atomic E-state index is 11.4. The quantitative estimate of drug-likeness (QED) is 0.435. The Kier molecular flexibility index (Phi) is 3.90. The molecule has 1 N–H and O–H groups in total. The Morgan fingerprint density at radius 1 is 0.739 bits per heavy atom. The van der Waals surface area contributed by atoms with Gasteiger partial charge in [0.2, 0.25) is 0 Å². The van der Waals surface area contributed by atoms with Crippen molar-refractivity contribution in [2.45, 2.75) is 0 Å². The summed E-state index contributed by atoms with van der Waals surface area (Å²) in [7, 11) is 0. The maximum Gasteiger partial charge on any atom is 0.337 e. The number of hydrogen-bond donors (Lipinski definition) is 1. The molecule has 0 unspecified atom stereocenters. The third-order valence-electron chi connectivity index (χ3n) is 3.46. The Morgan fingerprint density at radius 3 is 2.17 bits per heavy atom. The van der Waals surface area contributed by atoms with Crippen LogP contribution in [0.4, 0.5) is 0 Å². The van der Waals surface area contributed by atoms with Crippen LogP contribution < -0.4 is 0 Å². The molecule has 4 heterocycles. The molecule has 0 radical (unpaired) electrons. The largest absolute Gasteiger partial charge is 0.478 e. The fourth-order valence-electron chi connectivity index (χ4n) is 2.46. The third kappa shape index (κ3) is 2.57. The Morgan fingerprint density at radius 2 is 1.43 bits per heavy atom. The molecule has 0 saturated heterocycles. The summed E-state index contributed by atoms with van der Waals surface area (Å²) >= 11 is 6.51. The summed E-state index contributed by atoms with van der Waals surface area (Å²) in [6, 6.07) is 10.1. The molecular weight excluding hydrogens is 364 g/mol. The summed E-state index contributed by atoms with van der Waals surface area (Å²) in [4.78, 5) is 15.8. The van der Waals surface area contributed by atoms with E-state index in [-0.39, 0.29) is 0 Å². The first kappa shape index (κ1) is 14.8. The lowest BCUT2D eigenvalue weighted by Crippen LogP contribution is -1.95. The maximum atomic E-state index is 11.4. The van der Waals surface area contributed by atoms with Crippen molar-refractivity contribution in [2.24, 2.45) is 0 Å². The van der Waals surface area contributed by atoms with Gasteiger partial charge in [-0.2, -0.15) is 0 Å². The summed E-state index contributed by atoms with van der Waals surface area (Å²) in [6.45, 7) is 0. The highest BCUT2D eigenvalue weighted by Crippen LogP contribution is 2.46. The number of rotatable bonds is 4. The van der Waals surface area contributed by atoms with Crippen LogP contribution in [0.5, 0.6) is 0 Å². The van der Waals surface area contributed by atoms with Crippen LogP contribution in [0.2, 0.25) is 0 Å². The zero-order valence-corrected chi connectivity index (χ0v) is 15.0. The van der Waals surface area contributed by atoms with Crippen LogP contribution in [0.1, 0.15) is 10.4 Å². The van der Waals surface area contributed by atoms with Crippen LogP contribution >= 0.6 is 45.3 Å². The van der Waals surface area contributed by atoms with E-state index in [1.165, 1.54) is 26.7 Å². The van der Waals surface area contributed by atoms with Gasteiger partial charge in [-0.3, -0.25) is 0 Å². The van der Waals surface area contributed by atoms with Crippen molar-refractivity contribution in [3.63, 3.8) is 0 Å². The van der Waals surface area contributed by atoms with E-state index in [9.17, 15) is 9.90 Å². The lowest BCUT2D eigenvalue weighted by Gasteiger charge is -2.04. The van der Waals surface area contributed by atoms with Gasteiger partial charge in [-0.25, -0.2) is 4.79 Å². The molecule has 4 aromatic heterocycles. The van der Waals surface area contributed by atoms with Crippen molar-refractivity contribution in [3.05, 3.63) is 57.4 Å². The molecule has 0 atom stereocenters. The van der Waals surface area contributed by atoms with Gasteiger partial charge in [0.15, 0.2) is 0 Å². The highest BCUT2D eigenvalue weighted by Gasteiger charge is 2.20. The van der Waals surface area contributed by atoms with E-state index in [0.717, 1.165) is 15.3 Å². The standard InChI is InChI=1S/C17H10O2S4/c18-17(19)12-5-9-23-16(12)15-11(4-8-22-15)14-10(3-7-21-14)13-2-1-6-20-13/h1-9H,(H,18,19). The molecule has 114 valence electrons. The Hall–Kier alpha value is -1.73. The lowest BCUT2D eigenvalue weighted by molar-refractivity contribution is 0.0698. The molecule has 0 aliphatic carbocycles. The van der Waals surface area contributed by atoms with Gasteiger partial charge in [0.05, 0.1) is 15.3 Å². The van der Waals surface area contributed by atoms with Crippen LogP contribution in [0.3, 0.4) is 0 Å². The van der Waals surface area contributed by atoms with E-state index in [1.807, 2.05) is 10.8 Å². The summed E-state index contributed by atoms with van der Waals surface area (Å²) in [5.74, 6) is -0.870. The van der Waals surface area contributed by atoms with Gasteiger partial charge in [0, 0.05) is 20.9 Å². The fourth-order valence-corrected chi connectivity index (χ4v) is 6.27. The van der Waals surface area contributed by atoms with Crippen LogP contribution in [-0.4, -0.2) is 11.1 Å². The predicted octanol–water partition coefficient (Wildman–Crippen LogP) is 6.63. The molecule has 0 saturated carbocycles. The highest BCUT2D eigenvalue weighted by molar-refractivity contribution is 7.22. The van der Waals surface area contributed by atoms with Crippen LogP contribution in [0, 0.1) is 0 Å². The van der Waals surface area contributed by atoms with Crippen molar-refractivity contribution in [1.82, 2.24) is 0 Å². The zero-order chi connectivity index (χ0) is 15.8. The number of carboxylic acid groups (broad SMARTS) is 1. The van der Waals surface area contributed by atoms with Crippen molar-refractivity contribution in [3.8, 4) is 30.6 Å². The van der Waals surface area contributed by atoms with E-state index in [4.69, 9.17) is 0 Å². The first-order valence-electron chi connectivity index (χ1n) is 6.76. The predicted molar refractivity (Wildman–Crippen MR) is 101 cm³/mol. The molecule has 2 nitrogen and oxygen atoms in total. The van der Waals surface area contributed by atoms with Gasteiger partial charge in [-0.1, -0.05) is 6.07 Å². The van der Waals surface area contributed by atoms with E-state index in [2.05, 4.69) is 35.0 Å². The summed E-state index contributed by atoms with van der Waals surface area (Å²) in [6.07, 6.45) is 0. The lowest BCUT2D eigenvalue weighted by atomic mass is 10.1. The second kappa shape index (κ2) is 6.05. The molecular formula is C17H10O2S4. The van der Waals surface area contributed by atoms with Crippen LogP contribution in [0.15, 0.2) is 51.9 Å². The molecule has 0 bridgehead atoms. The fraction of sp³-hybridized carbons (Fsp3) is 0. The van der Waals surface area contributed by atoms with Crippen molar-refractivity contribution >= 4 is 51.3 Å². The molecule has 0 fully saturated rings. The molecule has 4 aromatic rings. The molecule has 0 aliphatic rings. The van der Waals surface area contributed by atoms with E-state index in [1.54, 1.807) is 40.1 Å². The monoisotopic (exact) mass is 374 g/mol. The Bertz CT molecular complexity index is 956. The minimum atomic E-state index is -0.870. The minimum absolute atomic E-state index is 0.382. The number of hydrogen-bond acceptors (Lipinski definition) is 5. The second-order valence-corrected chi connectivity index (χ2v) is 8.47. The number of thiophene rings is 4. The molecule has 4 rings (SSSR count). The van der Waals surface area contributed by atoms with Crippen molar-refractivity contribution in [1.29, 1.82) is 0 Å². The summed E-state index contributed by atoms with van der Waals surface area (Å²) < 4.78 is 0. The van der Waals surface area contributed by atoms with Crippen molar-refractivity contribution < 1.29 is 9.90 Å². The Labute approximate surface area is 148 Å². The third-order valence-corrected chi connectivity index (χ3v) is 7.31. The molecule has 0 spiro atoms. The average molecular weight is 375 g/mol. The zero-order valence-electron chi connectivity index (χ0n) is 11.7. The first-order chi connectivity index (χ1) is 11.3. The second-order valence-electron chi connectivity index (χ2n) is 4.77. The number of aromatic carboxylic acids is 1. The molecule has 6 heteroatoms. The van der Waals surface area contributed by atoms with Gasteiger partial charge in [0.1, 0.15) is 0 Å². The van der Waals surface area contributed by atoms with Crippen LogP contribution in [0.25, 0.3) is 30.6 Å². The topological polar surface area (TPSA) is 37.3 Å². The first-order valence-corrected chi connectivity index (χ1v) is 10.3. The smallest absolute Gasteiger partial charge is 0.337 e.